The van der Waals surface area contributed by atoms with Gasteiger partial charge in [-0.3, -0.25) is 9.59 Å². The van der Waals surface area contributed by atoms with Crippen LogP contribution in [0.15, 0.2) is 23.1 Å². The number of amides is 2. The van der Waals surface area contributed by atoms with Gasteiger partial charge in [0.05, 0.1) is 0 Å². The lowest BCUT2D eigenvalue weighted by Crippen LogP contribution is -2.28. The highest BCUT2D eigenvalue weighted by Gasteiger charge is 2.17. The van der Waals surface area contributed by atoms with Crippen molar-refractivity contribution < 1.29 is 23.9 Å². The molecule has 0 atom stereocenters. The minimum atomic E-state index is -0.708. The van der Waals surface area contributed by atoms with E-state index in [0.717, 1.165) is 0 Å². The fraction of sp³-hybridized carbons (Fsp3) is 0.400. The van der Waals surface area contributed by atoms with Crippen molar-refractivity contribution in [2.45, 2.75) is 4.90 Å². The summed E-state index contributed by atoms with van der Waals surface area (Å²) in [4.78, 5) is 38.4. The summed E-state index contributed by atoms with van der Waals surface area (Å²) in [5.41, 5.74) is 0.126. The van der Waals surface area contributed by atoms with Gasteiger partial charge in [-0.05, 0) is 18.2 Å². The lowest BCUT2D eigenvalue weighted by atomic mass is 10.2. The monoisotopic (exact) mass is 340 g/mol. The van der Waals surface area contributed by atoms with E-state index in [1.807, 2.05) is 0 Å². The highest BCUT2D eigenvalue weighted by molar-refractivity contribution is 7.80. The predicted molar refractivity (Wildman–Crippen MR) is 86.9 cm³/mol. The van der Waals surface area contributed by atoms with Crippen molar-refractivity contribution in [2.75, 3.05) is 41.4 Å². The van der Waals surface area contributed by atoms with Crippen molar-refractivity contribution in [2.24, 2.45) is 0 Å². The van der Waals surface area contributed by atoms with Gasteiger partial charge in [-0.15, -0.1) is 12.6 Å². The molecule has 0 N–H and O–H groups in total. The van der Waals surface area contributed by atoms with E-state index in [1.54, 1.807) is 34.3 Å². The summed E-state index contributed by atoms with van der Waals surface area (Å²) in [6, 6.07) is 4.57. The quantitative estimate of drug-likeness (QED) is 0.609. The summed E-state index contributed by atoms with van der Waals surface area (Å²) in [5, 5.41) is 0. The molecule has 23 heavy (non-hydrogen) atoms. The van der Waals surface area contributed by atoms with Crippen LogP contribution in [0.5, 0.6) is 5.75 Å². The third-order valence-electron chi connectivity index (χ3n) is 2.86. The molecular weight excluding hydrogens is 320 g/mol. The minimum Gasteiger partial charge on any atom is -0.483 e. The second-order valence-electron chi connectivity index (χ2n) is 5.12. The Morgan fingerprint density at radius 3 is 2.13 bits per heavy atom. The number of likely N-dealkylation sites (N-methyl/N-ethyl adjacent to an activating group) is 2. The second kappa shape index (κ2) is 8.42. The number of hydrogen-bond donors (Lipinski definition) is 1. The van der Waals surface area contributed by atoms with Crippen LogP contribution in [0.4, 0.5) is 0 Å². The van der Waals surface area contributed by atoms with Crippen molar-refractivity contribution in [3.63, 3.8) is 0 Å². The summed E-state index contributed by atoms with van der Waals surface area (Å²) < 4.78 is 10.3. The summed E-state index contributed by atoms with van der Waals surface area (Å²) >= 11 is 4.18. The largest absolute Gasteiger partial charge is 0.483 e. The standard InChI is InChI=1S/C15H20N2O5S/c1-16(2)13(18)8-21-12-7-10(23)5-6-11(12)15(20)22-9-14(19)17(3)4/h5-7,23H,8-9H2,1-4H3. The normalized spacial score (nSPS) is 9.96. The van der Waals surface area contributed by atoms with E-state index in [-0.39, 0.29) is 36.3 Å². The lowest BCUT2D eigenvalue weighted by Gasteiger charge is -2.15. The molecule has 0 bridgehead atoms. The smallest absolute Gasteiger partial charge is 0.342 e. The maximum absolute atomic E-state index is 12.1. The highest BCUT2D eigenvalue weighted by Crippen LogP contribution is 2.23. The van der Waals surface area contributed by atoms with Crippen LogP contribution in [0.3, 0.4) is 0 Å². The molecule has 0 saturated carbocycles. The lowest BCUT2D eigenvalue weighted by molar-refractivity contribution is -0.132. The Hall–Kier alpha value is -2.22. The molecule has 0 saturated heterocycles. The zero-order valence-electron chi connectivity index (χ0n) is 13.5. The third kappa shape index (κ3) is 5.82. The van der Waals surface area contributed by atoms with Crippen molar-refractivity contribution in [1.82, 2.24) is 9.80 Å². The van der Waals surface area contributed by atoms with Crippen molar-refractivity contribution >= 4 is 30.4 Å². The van der Waals surface area contributed by atoms with Gasteiger partial charge in [0.1, 0.15) is 11.3 Å². The minimum absolute atomic E-state index is 0.126. The Morgan fingerprint density at radius 2 is 1.57 bits per heavy atom. The molecule has 0 aliphatic carbocycles. The molecule has 0 heterocycles. The van der Waals surface area contributed by atoms with Crippen LogP contribution >= 0.6 is 12.6 Å². The highest BCUT2D eigenvalue weighted by atomic mass is 32.1. The van der Waals surface area contributed by atoms with Crippen LogP contribution in [0.2, 0.25) is 0 Å². The Balaban J connectivity index is 2.83. The van der Waals surface area contributed by atoms with Gasteiger partial charge in [0.15, 0.2) is 13.2 Å². The zero-order valence-corrected chi connectivity index (χ0v) is 14.4. The SMILES string of the molecule is CN(C)C(=O)COC(=O)c1ccc(S)cc1OCC(=O)N(C)C. The van der Waals surface area contributed by atoms with Crippen LogP contribution < -0.4 is 4.74 Å². The van der Waals surface area contributed by atoms with Gasteiger partial charge < -0.3 is 19.3 Å². The number of benzene rings is 1. The first kappa shape index (κ1) is 18.8. The molecule has 0 spiro atoms. The summed E-state index contributed by atoms with van der Waals surface area (Å²) in [6.07, 6.45) is 0. The summed E-state index contributed by atoms with van der Waals surface area (Å²) in [6.45, 7) is -0.592. The molecule has 0 aliphatic rings. The number of hydrogen-bond acceptors (Lipinski definition) is 6. The van der Waals surface area contributed by atoms with E-state index >= 15 is 0 Å². The molecule has 126 valence electrons. The van der Waals surface area contributed by atoms with Gasteiger partial charge in [0, 0.05) is 33.1 Å². The molecule has 0 aromatic heterocycles. The predicted octanol–water partition coefficient (Wildman–Crippen LogP) is 0.687. The number of carbonyl (C=O) groups excluding carboxylic acids is 3. The molecule has 1 aromatic carbocycles. The average molecular weight is 340 g/mol. The van der Waals surface area contributed by atoms with E-state index in [4.69, 9.17) is 9.47 Å². The Labute approximate surface area is 140 Å². The number of esters is 1. The van der Waals surface area contributed by atoms with E-state index < -0.39 is 5.97 Å². The van der Waals surface area contributed by atoms with Crippen LogP contribution in [0.25, 0.3) is 0 Å². The second-order valence-corrected chi connectivity index (χ2v) is 5.64. The molecule has 0 fully saturated rings. The first-order chi connectivity index (χ1) is 10.7. The van der Waals surface area contributed by atoms with Crippen LogP contribution in [-0.4, -0.2) is 69.0 Å². The van der Waals surface area contributed by atoms with Crippen LogP contribution in [-0.2, 0) is 14.3 Å². The third-order valence-corrected chi connectivity index (χ3v) is 3.14. The van der Waals surface area contributed by atoms with Gasteiger partial charge in [0.2, 0.25) is 0 Å². The molecule has 2 amide bonds. The fourth-order valence-electron chi connectivity index (χ4n) is 1.40. The number of thiol groups is 1. The Bertz CT molecular complexity index is 602. The molecule has 1 rings (SSSR count). The maximum atomic E-state index is 12.1. The summed E-state index contributed by atoms with van der Waals surface area (Å²) in [7, 11) is 6.33. The van der Waals surface area contributed by atoms with E-state index in [1.165, 1.54) is 21.9 Å². The van der Waals surface area contributed by atoms with Gasteiger partial charge in [-0.2, -0.15) is 0 Å². The first-order valence-corrected chi connectivity index (χ1v) is 7.20. The molecule has 0 radical (unpaired) electrons. The number of ether oxygens (including phenoxy) is 2. The molecule has 8 heteroatoms. The molecular formula is C15H20N2O5S. The Kier molecular flexibility index (Phi) is 6.89. The van der Waals surface area contributed by atoms with Crippen molar-refractivity contribution in [1.29, 1.82) is 0 Å². The topological polar surface area (TPSA) is 76.1 Å². The van der Waals surface area contributed by atoms with E-state index in [0.29, 0.717) is 4.90 Å². The molecule has 0 unspecified atom stereocenters. The Morgan fingerprint density at radius 1 is 1.00 bits per heavy atom. The number of rotatable bonds is 6. The average Bonchev–Trinajstić information content (AvgIpc) is 2.49. The molecule has 1 aromatic rings. The van der Waals surface area contributed by atoms with E-state index in [2.05, 4.69) is 12.6 Å². The van der Waals surface area contributed by atoms with Crippen molar-refractivity contribution in [3.05, 3.63) is 23.8 Å². The zero-order chi connectivity index (χ0) is 17.6. The van der Waals surface area contributed by atoms with Gasteiger partial charge in [0.25, 0.3) is 11.8 Å². The molecule has 0 aliphatic heterocycles. The van der Waals surface area contributed by atoms with Gasteiger partial charge in [-0.1, -0.05) is 0 Å². The van der Waals surface area contributed by atoms with Crippen LogP contribution in [0.1, 0.15) is 10.4 Å². The fourth-order valence-corrected chi connectivity index (χ4v) is 1.59. The number of carbonyl (C=O) groups is 3. The number of nitrogens with zero attached hydrogens (tertiary/aromatic N) is 2. The van der Waals surface area contributed by atoms with E-state index in [9.17, 15) is 14.4 Å². The van der Waals surface area contributed by atoms with Gasteiger partial charge in [-0.25, -0.2) is 4.79 Å². The van der Waals surface area contributed by atoms with Gasteiger partial charge >= 0.3 is 5.97 Å². The first-order valence-electron chi connectivity index (χ1n) is 6.75. The maximum Gasteiger partial charge on any atom is 0.342 e. The molecule has 7 nitrogen and oxygen atoms in total. The summed E-state index contributed by atoms with van der Waals surface area (Å²) in [5.74, 6) is -1.12. The van der Waals surface area contributed by atoms with Crippen molar-refractivity contribution in [3.8, 4) is 5.75 Å². The van der Waals surface area contributed by atoms with Crippen LogP contribution in [0, 0.1) is 0 Å².